The van der Waals surface area contributed by atoms with Crippen LogP contribution in [0.15, 0.2) is 24.3 Å². The molecule has 0 aliphatic carbocycles. The Balaban J connectivity index is 2.59. The molecule has 0 aliphatic heterocycles. The summed E-state index contributed by atoms with van der Waals surface area (Å²) in [6, 6.07) is 7.68. The minimum atomic E-state index is -0.541. The molecule has 2 unspecified atom stereocenters. The van der Waals surface area contributed by atoms with Crippen molar-refractivity contribution in [3.8, 4) is 0 Å². The fraction of sp³-hybridized carbons (Fsp3) is 0.538. The van der Waals surface area contributed by atoms with Gasteiger partial charge in [0.2, 0.25) is 0 Å². The van der Waals surface area contributed by atoms with Crippen molar-refractivity contribution < 1.29 is 10.2 Å². The fourth-order valence-corrected chi connectivity index (χ4v) is 1.57. The molecule has 0 amide bonds. The van der Waals surface area contributed by atoms with Crippen LogP contribution in [0.2, 0.25) is 0 Å². The van der Waals surface area contributed by atoms with Gasteiger partial charge in [-0.15, -0.1) is 0 Å². The molecule has 0 aliphatic rings. The average Bonchev–Trinajstić information content (AvgIpc) is 2.37. The molecule has 4 heteroatoms. The molecule has 0 saturated carbocycles. The Morgan fingerprint density at radius 3 is 2.35 bits per heavy atom. The van der Waals surface area contributed by atoms with Crippen LogP contribution >= 0.6 is 0 Å². The maximum Gasteiger partial charge on any atom is 0.0916 e. The van der Waals surface area contributed by atoms with E-state index in [1.54, 1.807) is 0 Å². The SMILES string of the molecule is CC(CO)N(C)CC(O)c1ccc(CN)cc1. The van der Waals surface area contributed by atoms with E-state index in [4.69, 9.17) is 10.8 Å². The Labute approximate surface area is 103 Å². The molecule has 0 spiro atoms. The smallest absolute Gasteiger partial charge is 0.0916 e. The number of aliphatic hydroxyl groups excluding tert-OH is 2. The third kappa shape index (κ3) is 4.09. The maximum atomic E-state index is 10.0. The van der Waals surface area contributed by atoms with Crippen LogP contribution in [0.3, 0.4) is 0 Å². The lowest BCUT2D eigenvalue weighted by Crippen LogP contribution is -2.35. The van der Waals surface area contributed by atoms with Crippen LogP contribution in [0, 0.1) is 0 Å². The van der Waals surface area contributed by atoms with E-state index in [-0.39, 0.29) is 12.6 Å². The van der Waals surface area contributed by atoms with Gasteiger partial charge in [-0.2, -0.15) is 0 Å². The lowest BCUT2D eigenvalue weighted by molar-refractivity contribution is 0.0862. The molecule has 1 rings (SSSR count). The number of nitrogens with two attached hydrogens (primary N) is 1. The quantitative estimate of drug-likeness (QED) is 0.674. The fourth-order valence-electron chi connectivity index (χ4n) is 1.57. The minimum absolute atomic E-state index is 0.0490. The van der Waals surface area contributed by atoms with Gasteiger partial charge in [-0.25, -0.2) is 0 Å². The number of hydrogen-bond donors (Lipinski definition) is 3. The first-order valence-corrected chi connectivity index (χ1v) is 5.86. The van der Waals surface area contributed by atoms with Gasteiger partial charge in [0, 0.05) is 19.1 Å². The lowest BCUT2D eigenvalue weighted by atomic mass is 10.1. The van der Waals surface area contributed by atoms with Crippen molar-refractivity contribution in [2.24, 2.45) is 5.73 Å². The zero-order chi connectivity index (χ0) is 12.8. The summed E-state index contributed by atoms with van der Waals surface area (Å²) in [6.07, 6.45) is -0.541. The number of hydrogen-bond acceptors (Lipinski definition) is 4. The van der Waals surface area contributed by atoms with E-state index in [1.165, 1.54) is 0 Å². The van der Waals surface area contributed by atoms with Crippen LogP contribution in [-0.4, -0.2) is 41.4 Å². The van der Waals surface area contributed by atoms with Crippen molar-refractivity contribution in [3.63, 3.8) is 0 Å². The number of nitrogens with zero attached hydrogens (tertiary/aromatic N) is 1. The van der Waals surface area contributed by atoms with Crippen LogP contribution < -0.4 is 5.73 Å². The molecule has 0 aromatic heterocycles. The van der Waals surface area contributed by atoms with E-state index >= 15 is 0 Å². The predicted molar refractivity (Wildman–Crippen MR) is 68.5 cm³/mol. The molecule has 96 valence electrons. The van der Waals surface area contributed by atoms with Gasteiger partial charge in [0.15, 0.2) is 0 Å². The monoisotopic (exact) mass is 238 g/mol. The molecule has 0 bridgehead atoms. The van der Waals surface area contributed by atoms with Gasteiger partial charge in [-0.05, 0) is 25.1 Å². The van der Waals surface area contributed by atoms with E-state index in [0.29, 0.717) is 13.1 Å². The predicted octanol–water partition coefficient (Wildman–Crippen LogP) is 0.491. The second-order valence-electron chi connectivity index (χ2n) is 4.43. The van der Waals surface area contributed by atoms with Crippen molar-refractivity contribution in [1.29, 1.82) is 0 Å². The van der Waals surface area contributed by atoms with Crippen LogP contribution in [0.5, 0.6) is 0 Å². The molecule has 1 aromatic rings. The topological polar surface area (TPSA) is 69.7 Å². The van der Waals surface area contributed by atoms with E-state index in [9.17, 15) is 5.11 Å². The minimum Gasteiger partial charge on any atom is -0.395 e. The summed E-state index contributed by atoms with van der Waals surface area (Å²) < 4.78 is 0. The van der Waals surface area contributed by atoms with Crippen LogP contribution in [0.4, 0.5) is 0 Å². The van der Waals surface area contributed by atoms with Gasteiger partial charge in [-0.1, -0.05) is 24.3 Å². The number of benzene rings is 1. The summed E-state index contributed by atoms with van der Waals surface area (Å²) in [5.74, 6) is 0. The van der Waals surface area contributed by atoms with Gasteiger partial charge < -0.3 is 15.9 Å². The Hall–Kier alpha value is -0.940. The molecule has 1 aromatic carbocycles. The van der Waals surface area contributed by atoms with Crippen molar-refractivity contribution in [2.45, 2.75) is 25.6 Å². The third-order valence-electron chi connectivity index (χ3n) is 3.08. The molecular weight excluding hydrogens is 216 g/mol. The molecular formula is C13H22N2O2. The largest absolute Gasteiger partial charge is 0.395 e. The van der Waals surface area contributed by atoms with Gasteiger partial charge in [0.05, 0.1) is 12.7 Å². The summed E-state index contributed by atoms with van der Waals surface area (Å²) in [5.41, 5.74) is 7.44. The summed E-state index contributed by atoms with van der Waals surface area (Å²) >= 11 is 0. The van der Waals surface area contributed by atoms with Crippen molar-refractivity contribution in [1.82, 2.24) is 4.90 Å². The standard InChI is InChI=1S/C13H22N2O2/c1-10(9-16)15(2)8-13(17)12-5-3-11(7-14)4-6-12/h3-6,10,13,16-17H,7-9,14H2,1-2H3. The Morgan fingerprint density at radius 2 is 1.88 bits per heavy atom. The van der Waals surface area contributed by atoms with Gasteiger partial charge >= 0.3 is 0 Å². The summed E-state index contributed by atoms with van der Waals surface area (Å²) in [7, 11) is 1.89. The van der Waals surface area contributed by atoms with Crippen molar-refractivity contribution in [3.05, 3.63) is 35.4 Å². The zero-order valence-corrected chi connectivity index (χ0v) is 10.5. The summed E-state index contributed by atoms with van der Waals surface area (Å²) in [5, 5.41) is 19.1. The Kier molecular flexibility index (Phi) is 5.58. The molecule has 0 heterocycles. The third-order valence-corrected chi connectivity index (χ3v) is 3.08. The maximum absolute atomic E-state index is 10.0. The molecule has 0 radical (unpaired) electrons. The van der Waals surface area contributed by atoms with E-state index in [1.807, 2.05) is 43.1 Å². The van der Waals surface area contributed by atoms with E-state index < -0.39 is 6.10 Å². The highest BCUT2D eigenvalue weighted by Gasteiger charge is 2.14. The normalized spacial score (nSPS) is 14.9. The average molecular weight is 238 g/mol. The van der Waals surface area contributed by atoms with Crippen LogP contribution in [-0.2, 0) is 6.54 Å². The molecule has 2 atom stereocenters. The first-order valence-electron chi connectivity index (χ1n) is 5.86. The number of likely N-dealkylation sites (N-methyl/N-ethyl adjacent to an activating group) is 1. The molecule has 0 fully saturated rings. The zero-order valence-electron chi connectivity index (χ0n) is 10.5. The summed E-state index contributed by atoms with van der Waals surface area (Å²) in [6.45, 7) is 3.03. The second kappa shape index (κ2) is 6.71. The Morgan fingerprint density at radius 1 is 1.29 bits per heavy atom. The van der Waals surface area contributed by atoms with Crippen molar-refractivity contribution >= 4 is 0 Å². The van der Waals surface area contributed by atoms with E-state index in [2.05, 4.69) is 0 Å². The highest BCUT2D eigenvalue weighted by Crippen LogP contribution is 2.15. The highest BCUT2D eigenvalue weighted by atomic mass is 16.3. The van der Waals surface area contributed by atoms with Crippen LogP contribution in [0.25, 0.3) is 0 Å². The number of rotatable bonds is 6. The first kappa shape index (κ1) is 14.1. The van der Waals surface area contributed by atoms with Gasteiger partial charge in [0.1, 0.15) is 0 Å². The highest BCUT2D eigenvalue weighted by molar-refractivity contribution is 5.24. The van der Waals surface area contributed by atoms with Gasteiger partial charge in [-0.3, -0.25) is 4.90 Å². The Bertz CT molecular complexity index is 327. The molecule has 4 nitrogen and oxygen atoms in total. The van der Waals surface area contributed by atoms with E-state index in [0.717, 1.165) is 11.1 Å². The van der Waals surface area contributed by atoms with Gasteiger partial charge in [0.25, 0.3) is 0 Å². The molecule has 4 N–H and O–H groups in total. The first-order chi connectivity index (χ1) is 8.08. The lowest BCUT2D eigenvalue weighted by Gasteiger charge is -2.25. The van der Waals surface area contributed by atoms with Crippen LogP contribution in [0.1, 0.15) is 24.2 Å². The van der Waals surface area contributed by atoms with Crippen molar-refractivity contribution in [2.75, 3.05) is 20.2 Å². The molecule has 0 saturated heterocycles. The second-order valence-corrected chi connectivity index (χ2v) is 4.43. The molecule has 17 heavy (non-hydrogen) atoms. The summed E-state index contributed by atoms with van der Waals surface area (Å²) in [4.78, 5) is 1.93. The number of aliphatic hydroxyl groups is 2.